The fourth-order valence-electron chi connectivity index (χ4n) is 0.862. The third-order valence-corrected chi connectivity index (χ3v) is 2.18. The first kappa shape index (κ1) is 10.2. The van der Waals surface area contributed by atoms with Gasteiger partial charge in [0, 0.05) is 5.75 Å². The van der Waals surface area contributed by atoms with E-state index in [1.807, 2.05) is 30.3 Å². The first-order valence-electron chi connectivity index (χ1n) is 4.10. The zero-order valence-corrected chi connectivity index (χ0v) is 8.34. The molecule has 2 nitrogen and oxygen atoms in total. The molecule has 1 aromatic carbocycles. The molecule has 0 aliphatic rings. The average Bonchev–Trinajstić information content (AvgIpc) is 2.14. The Bertz CT molecular complexity index is 266. The second-order valence-electron chi connectivity index (χ2n) is 2.50. The first-order valence-corrected chi connectivity index (χ1v) is 5.09. The molecule has 0 saturated heterocycles. The van der Waals surface area contributed by atoms with Crippen molar-refractivity contribution in [2.24, 2.45) is 0 Å². The Hall–Kier alpha value is -0.930. The highest BCUT2D eigenvalue weighted by atomic mass is 32.1. The summed E-state index contributed by atoms with van der Waals surface area (Å²) < 4.78 is 5.38. The molecular weight excluding hydrogens is 184 g/mol. The minimum absolute atomic E-state index is 0.136. The molecule has 3 heteroatoms. The number of rotatable bonds is 4. The fourth-order valence-corrected chi connectivity index (χ4v) is 1.32. The Morgan fingerprint density at radius 2 is 2.08 bits per heavy atom. The van der Waals surface area contributed by atoms with Crippen molar-refractivity contribution >= 4 is 16.4 Å². The predicted octanol–water partition coefficient (Wildman–Crippen LogP) is 1.31. The minimum Gasteiger partial charge on any atom is -0.823 e. The van der Waals surface area contributed by atoms with Crippen molar-refractivity contribution in [3.63, 3.8) is 0 Å². The molecule has 0 heterocycles. The molecule has 1 aromatic rings. The Morgan fingerprint density at radius 3 is 2.69 bits per heavy atom. The molecule has 0 aliphatic heterocycles. The van der Waals surface area contributed by atoms with Crippen molar-refractivity contribution in [2.75, 3.05) is 12.4 Å². The number of benzene rings is 1. The summed E-state index contributed by atoms with van der Waals surface area (Å²) >= 11 is 1.29. The van der Waals surface area contributed by atoms with Gasteiger partial charge >= 0.3 is 0 Å². The third-order valence-electron chi connectivity index (χ3n) is 1.40. The van der Waals surface area contributed by atoms with E-state index < -0.39 is 0 Å². The molecular formula is C10H12O2S-. The van der Waals surface area contributed by atoms with Gasteiger partial charge in [0.2, 0.25) is 0 Å². The zero-order chi connectivity index (χ0) is 9.52. The van der Waals surface area contributed by atoms with E-state index in [0.29, 0.717) is 12.4 Å². The lowest BCUT2D eigenvalue weighted by Crippen LogP contribution is -2.11. The Balaban J connectivity index is 2.25. The van der Waals surface area contributed by atoms with Gasteiger partial charge < -0.3 is 9.84 Å². The number of hydrogen-bond acceptors (Lipinski definition) is 2. The molecule has 0 amide bonds. The molecule has 0 atom stereocenters. The number of hydrogen-bond donors (Lipinski definition) is 0. The monoisotopic (exact) mass is 196 g/mol. The summed E-state index contributed by atoms with van der Waals surface area (Å²) in [6, 6.07) is 9.59. The van der Waals surface area contributed by atoms with Crippen LogP contribution in [0.2, 0.25) is 0 Å². The predicted molar refractivity (Wildman–Crippen MR) is 55.1 cm³/mol. The standard InChI is InChI=1S/C10H13O2S/c1-9(11)13-8-7-12-10-5-3-2-4-6-10/h2-6,11H,7-8H2,1H3/p-1. The van der Waals surface area contributed by atoms with Crippen LogP contribution in [0.15, 0.2) is 30.3 Å². The van der Waals surface area contributed by atoms with Crippen LogP contribution in [0.3, 0.4) is 0 Å². The van der Waals surface area contributed by atoms with Gasteiger partial charge in [-0.2, -0.15) is 11.4 Å². The molecule has 13 heavy (non-hydrogen) atoms. The van der Waals surface area contributed by atoms with Gasteiger partial charge in [0.1, 0.15) is 12.4 Å². The topological polar surface area (TPSA) is 32.3 Å². The van der Waals surface area contributed by atoms with Crippen LogP contribution < -0.4 is 9.84 Å². The molecule has 0 saturated carbocycles. The highest BCUT2D eigenvalue weighted by Gasteiger charge is 1.88. The minimum atomic E-state index is 0.136. The second kappa shape index (κ2) is 5.67. The van der Waals surface area contributed by atoms with Crippen LogP contribution in [0.25, 0.3) is 0 Å². The van der Waals surface area contributed by atoms with Crippen LogP contribution in [0.1, 0.15) is 6.92 Å². The Kier molecular flexibility index (Phi) is 4.43. The van der Waals surface area contributed by atoms with Gasteiger partial charge in [0.15, 0.2) is 0 Å². The summed E-state index contributed by atoms with van der Waals surface area (Å²) in [5, 5.41) is 10.7. The number of ether oxygens (including phenoxy) is 1. The lowest BCUT2D eigenvalue weighted by Gasteiger charge is -2.05. The van der Waals surface area contributed by atoms with Crippen molar-refractivity contribution < 1.29 is 9.84 Å². The molecule has 0 aromatic heterocycles. The quantitative estimate of drug-likeness (QED) is 0.537. The summed E-state index contributed by atoms with van der Waals surface area (Å²) in [6.07, 6.45) is 0. The van der Waals surface area contributed by atoms with Gasteiger partial charge in [-0.25, -0.2) is 0 Å². The molecule has 1 radical (unpaired) electrons. The summed E-state index contributed by atoms with van der Waals surface area (Å²) in [5.74, 6) is 1.57. The van der Waals surface area contributed by atoms with E-state index in [4.69, 9.17) is 4.74 Å². The molecule has 71 valence electrons. The molecule has 0 fully saturated rings. The molecule has 0 spiro atoms. The van der Waals surface area contributed by atoms with Crippen LogP contribution in [-0.4, -0.2) is 17.4 Å². The normalized spacial score (nSPS) is 11.4. The van der Waals surface area contributed by atoms with Gasteiger partial charge in [-0.05, 0) is 12.1 Å². The number of para-hydroxylation sites is 1. The third kappa shape index (κ3) is 4.60. The second-order valence-corrected chi connectivity index (χ2v) is 3.77. The van der Waals surface area contributed by atoms with Gasteiger partial charge in [0.05, 0.1) is 0 Å². The van der Waals surface area contributed by atoms with Crippen LogP contribution in [0, 0.1) is 0 Å². The van der Waals surface area contributed by atoms with Crippen molar-refractivity contribution in [2.45, 2.75) is 6.92 Å². The molecule has 0 unspecified atom stereocenters. The van der Waals surface area contributed by atoms with Crippen molar-refractivity contribution in [3.05, 3.63) is 30.3 Å². The fraction of sp³-hybridized carbons (Fsp3) is 0.300. The van der Waals surface area contributed by atoms with Crippen molar-refractivity contribution in [1.82, 2.24) is 0 Å². The zero-order valence-electron chi connectivity index (χ0n) is 7.53. The van der Waals surface area contributed by atoms with E-state index in [1.165, 1.54) is 11.4 Å². The van der Waals surface area contributed by atoms with Gasteiger partial charge in [-0.15, -0.1) is 5.05 Å². The summed E-state index contributed by atoms with van der Waals surface area (Å²) in [7, 11) is 0. The maximum absolute atomic E-state index is 10.6. The molecule has 0 aliphatic carbocycles. The van der Waals surface area contributed by atoms with Gasteiger partial charge in [-0.1, -0.05) is 25.1 Å². The van der Waals surface area contributed by atoms with Gasteiger partial charge in [-0.3, -0.25) is 0 Å². The van der Waals surface area contributed by atoms with E-state index in [0.717, 1.165) is 5.75 Å². The van der Waals surface area contributed by atoms with Crippen LogP contribution in [-0.2, 0) is 0 Å². The van der Waals surface area contributed by atoms with E-state index in [2.05, 4.69) is 0 Å². The first-order chi connectivity index (χ1) is 6.29. The molecule has 0 N–H and O–H groups in total. The van der Waals surface area contributed by atoms with Crippen molar-refractivity contribution in [1.29, 1.82) is 0 Å². The van der Waals surface area contributed by atoms with Crippen molar-refractivity contribution in [3.8, 4) is 5.75 Å². The van der Waals surface area contributed by atoms with E-state index in [9.17, 15) is 5.11 Å². The van der Waals surface area contributed by atoms with Crippen LogP contribution in [0.4, 0.5) is 0 Å². The SMILES string of the molecule is CC([O-])=[S]CCOc1ccccc1. The van der Waals surface area contributed by atoms with Gasteiger partial charge in [0.25, 0.3) is 0 Å². The van der Waals surface area contributed by atoms with E-state index >= 15 is 0 Å². The summed E-state index contributed by atoms with van der Waals surface area (Å²) in [4.78, 5) is 0. The maximum atomic E-state index is 10.6. The maximum Gasteiger partial charge on any atom is 0.119 e. The average molecular weight is 196 g/mol. The Labute approximate surface area is 82.1 Å². The molecule has 1 rings (SSSR count). The lowest BCUT2D eigenvalue weighted by atomic mass is 10.3. The van der Waals surface area contributed by atoms with E-state index in [-0.39, 0.29) is 5.05 Å². The Morgan fingerprint density at radius 1 is 1.38 bits per heavy atom. The highest BCUT2D eigenvalue weighted by molar-refractivity contribution is 7.98. The lowest BCUT2D eigenvalue weighted by molar-refractivity contribution is -0.209. The molecule has 0 bridgehead atoms. The highest BCUT2D eigenvalue weighted by Crippen LogP contribution is 2.07. The van der Waals surface area contributed by atoms with Crippen LogP contribution in [0.5, 0.6) is 5.75 Å². The summed E-state index contributed by atoms with van der Waals surface area (Å²) in [6.45, 7) is 2.14. The van der Waals surface area contributed by atoms with E-state index in [1.54, 1.807) is 6.92 Å². The summed E-state index contributed by atoms with van der Waals surface area (Å²) in [5.41, 5.74) is 0. The van der Waals surface area contributed by atoms with Crippen LogP contribution >= 0.6 is 11.4 Å². The smallest absolute Gasteiger partial charge is 0.119 e. The largest absolute Gasteiger partial charge is 0.823 e.